The Morgan fingerprint density at radius 2 is 1.27 bits per heavy atom. The van der Waals surface area contributed by atoms with Gasteiger partial charge in [0.25, 0.3) is 0 Å². The molecule has 2 heterocycles. The second-order valence-electron chi connectivity index (χ2n) is 16.4. The maximum atomic E-state index is 12.5. The van der Waals surface area contributed by atoms with E-state index in [2.05, 4.69) is 94.4 Å². The number of aryl methyl sites for hydroxylation is 2. The third kappa shape index (κ3) is 10.9. The first-order valence-corrected chi connectivity index (χ1v) is 23.4. The lowest BCUT2D eigenvalue weighted by Gasteiger charge is -2.27. The first kappa shape index (κ1) is 44.2. The number of hydrogen-bond acceptors (Lipinski definition) is 6. The average Bonchev–Trinajstić information content (AvgIpc) is 3.45. The highest BCUT2D eigenvalue weighted by Crippen LogP contribution is 2.48. The Labute approximate surface area is 332 Å². The van der Waals surface area contributed by atoms with Crippen molar-refractivity contribution >= 4 is 37.0 Å². The van der Waals surface area contributed by atoms with Gasteiger partial charge in [-0.3, -0.25) is 0 Å². The summed E-state index contributed by atoms with van der Waals surface area (Å²) in [6.07, 6.45) is 20.6. The van der Waals surface area contributed by atoms with Gasteiger partial charge in [-0.05, 0) is 82.5 Å². The van der Waals surface area contributed by atoms with Crippen molar-refractivity contribution in [3.8, 4) is 0 Å². The highest BCUT2D eigenvalue weighted by Gasteiger charge is 2.45. The molecule has 0 saturated carbocycles. The van der Waals surface area contributed by atoms with E-state index in [9.17, 15) is 21.4 Å². The van der Waals surface area contributed by atoms with Crippen molar-refractivity contribution in [1.82, 2.24) is 0 Å². The molecule has 2 aliphatic heterocycles. The van der Waals surface area contributed by atoms with Gasteiger partial charge in [-0.15, -0.1) is 0 Å². The lowest BCUT2D eigenvalue weighted by Crippen LogP contribution is -2.28. The van der Waals surface area contributed by atoms with Gasteiger partial charge in [0.15, 0.2) is 15.5 Å². The molecule has 0 saturated heterocycles. The second kappa shape index (κ2) is 18.6. The van der Waals surface area contributed by atoms with E-state index in [1.165, 1.54) is 104 Å². The molecule has 5 rings (SSSR count). The van der Waals surface area contributed by atoms with Crippen LogP contribution in [0.25, 0.3) is 0 Å². The van der Waals surface area contributed by atoms with Crippen LogP contribution in [-0.4, -0.2) is 51.0 Å². The summed E-state index contributed by atoms with van der Waals surface area (Å²) in [6.45, 7) is 19.7. The van der Waals surface area contributed by atoms with E-state index in [-0.39, 0.29) is 15.7 Å². The van der Waals surface area contributed by atoms with E-state index in [1.54, 1.807) is 18.2 Å². The Morgan fingerprint density at radius 1 is 0.691 bits per heavy atom. The van der Waals surface area contributed by atoms with Crippen LogP contribution in [0.5, 0.6) is 0 Å². The fourth-order valence-corrected chi connectivity index (χ4v) is 8.96. The van der Waals surface area contributed by atoms with Crippen molar-refractivity contribution in [3.05, 3.63) is 107 Å². The summed E-state index contributed by atoms with van der Waals surface area (Å²) in [7, 11) is -7.56. The smallest absolute Gasteiger partial charge is 0.209 e. The molecule has 0 radical (unpaired) electrons. The zero-order valence-corrected chi connectivity index (χ0v) is 36.4. The Kier molecular flexibility index (Phi) is 15.0. The minimum absolute atomic E-state index is 0.0860. The molecule has 0 atom stereocenters. The van der Waals surface area contributed by atoms with Crippen molar-refractivity contribution in [2.24, 2.45) is 0 Å². The molecule has 0 bridgehead atoms. The molecule has 2 aliphatic rings. The van der Waals surface area contributed by atoms with Gasteiger partial charge in [-0.25, -0.2) is 16.8 Å². The van der Waals surface area contributed by atoms with Crippen molar-refractivity contribution in [2.45, 2.75) is 140 Å². The average molecular weight is 789 g/mol. The maximum Gasteiger partial charge on any atom is 0.209 e. The summed E-state index contributed by atoms with van der Waals surface area (Å²) in [5.41, 5.74) is 9.42. The molecule has 0 aromatic heterocycles. The van der Waals surface area contributed by atoms with E-state index in [4.69, 9.17) is 0 Å². The Hall–Kier alpha value is -3.53. The topological polar surface area (TPSA) is 97.6 Å². The third-order valence-corrected chi connectivity index (χ3v) is 13.1. The number of unbranched alkanes of at least 4 members (excludes halogenated alkanes) is 8. The van der Waals surface area contributed by atoms with Gasteiger partial charge in [0.1, 0.15) is 16.7 Å². The van der Waals surface area contributed by atoms with Crippen LogP contribution in [-0.2, 0) is 30.8 Å². The number of benzene rings is 3. The van der Waals surface area contributed by atoms with E-state index in [0.29, 0.717) is 4.90 Å². The van der Waals surface area contributed by atoms with Gasteiger partial charge in [0.2, 0.25) is 5.69 Å². The number of anilines is 1. The minimum Gasteiger partial charge on any atom is -0.744 e. The molecule has 3 aromatic rings. The van der Waals surface area contributed by atoms with E-state index >= 15 is 0 Å². The predicted octanol–water partition coefficient (Wildman–Crippen LogP) is 10.9. The summed E-state index contributed by atoms with van der Waals surface area (Å²) in [5, 5.41) is 0. The van der Waals surface area contributed by atoms with E-state index in [0.717, 1.165) is 36.3 Å². The number of rotatable bonds is 16. The van der Waals surface area contributed by atoms with Gasteiger partial charge in [0.05, 0.1) is 15.2 Å². The number of sulfone groups is 1. The van der Waals surface area contributed by atoms with Crippen LogP contribution >= 0.6 is 0 Å². The first-order valence-electron chi connectivity index (χ1n) is 20.1. The molecule has 0 aliphatic carbocycles. The first-order chi connectivity index (χ1) is 25.8. The molecule has 7 nitrogen and oxygen atoms in total. The number of allylic oxidation sites excluding steroid dienone is 4. The van der Waals surface area contributed by atoms with Crippen molar-refractivity contribution < 1.29 is 26.0 Å². The van der Waals surface area contributed by atoms with Crippen molar-refractivity contribution in [3.63, 3.8) is 0 Å². The quantitative estimate of drug-likeness (QED) is 0.0814. The SMILES string of the molecule is CCCCCCCN1C(=CC=CC2=[N+](CCCCCCC)c3ccc(S(C)(=O)=O)cc3C2(C)C)C(C)(C)c2cc(C)ccc21.Cc1ccc(S(=O)(=O)[O-])cc1. The maximum absolute atomic E-state index is 12.5. The predicted molar refractivity (Wildman–Crippen MR) is 228 cm³/mol. The molecule has 0 amide bonds. The van der Waals surface area contributed by atoms with Crippen molar-refractivity contribution in [2.75, 3.05) is 24.2 Å². The molecule has 9 heteroatoms. The highest BCUT2D eigenvalue weighted by atomic mass is 32.2. The van der Waals surface area contributed by atoms with Crippen LogP contribution in [0.4, 0.5) is 11.4 Å². The zero-order chi connectivity index (χ0) is 40.6. The third-order valence-electron chi connectivity index (χ3n) is 11.1. The van der Waals surface area contributed by atoms with Gasteiger partial charge >= 0.3 is 0 Å². The molecule has 300 valence electrons. The second-order valence-corrected chi connectivity index (χ2v) is 19.8. The van der Waals surface area contributed by atoms with Gasteiger partial charge in [-0.2, -0.15) is 4.58 Å². The fourth-order valence-electron chi connectivity index (χ4n) is 7.84. The van der Waals surface area contributed by atoms with Crippen LogP contribution < -0.4 is 4.90 Å². The van der Waals surface area contributed by atoms with Crippen LogP contribution in [0.15, 0.2) is 94.4 Å². The largest absolute Gasteiger partial charge is 0.744 e. The Bertz CT molecular complexity index is 2110. The summed E-state index contributed by atoms with van der Waals surface area (Å²) in [6, 6.07) is 18.4. The van der Waals surface area contributed by atoms with Crippen LogP contribution in [0.1, 0.15) is 128 Å². The van der Waals surface area contributed by atoms with Crippen LogP contribution in [0.2, 0.25) is 0 Å². The lowest BCUT2D eigenvalue weighted by molar-refractivity contribution is -0.438. The standard InChI is InChI=1S/C39H57N2O2S.C7H8O3S/c1-9-11-13-15-17-26-40-34-24-22-30(3)28-32(34)38(4,5)36(40)20-19-21-37-39(6,7)33-29-31(44(8,42)43)23-25-35(33)41(37)27-18-16-14-12-10-2;1-6-2-4-7(5-3-6)11(8,9)10/h19-25,28-29H,9-18,26-27H2,1-8H3;2-5H,1H3,(H,8,9,10)/q+1;/p-1. The van der Waals surface area contributed by atoms with Gasteiger partial charge in [0, 0.05) is 53.7 Å². The monoisotopic (exact) mass is 788 g/mol. The van der Waals surface area contributed by atoms with Crippen molar-refractivity contribution in [1.29, 1.82) is 0 Å². The molecule has 0 N–H and O–H groups in total. The lowest BCUT2D eigenvalue weighted by atomic mass is 9.81. The summed E-state index contributed by atoms with van der Waals surface area (Å²) in [4.78, 5) is 2.78. The minimum atomic E-state index is -4.27. The molecular weight excluding hydrogens is 725 g/mol. The highest BCUT2D eigenvalue weighted by molar-refractivity contribution is 7.90. The summed E-state index contributed by atoms with van der Waals surface area (Å²) >= 11 is 0. The fraction of sp³-hybridized carbons (Fsp3) is 0.500. The number of hydrogen-bond donors (Lipinski definition) is 0. The number of fused-ring (bicyclic) bond motifs is 2. The molecule has 0 unspecified atom stereocenters. The van der Waals surface area contributed by atoms with E-state index < -0.39 is 20.0 Å². The molecule has 0 spiro atoms. The van der Waals surface area contributed by atoms with E-state index in [1.807, 2.05) is 19.1 Å². The zero-order valence-electron chi connectivity index (χ0n) is 34.7. The normalized spacial score (nSPS) is 16.8. The van der Waals surface area contributed by atoms with Gasteiger partial charge in [-0.1, -0.05) is 114 Å². The molecule has 3 aromatic carbocycles. The summed E-state index contributed by atoms with van der Waals surface area (Å²) < 4.78 is 58.6. The van der Waals surface area contributed by atoms with Gasteiger partial charge < -0.3 is 9.45 Å². The Morgan fingerprint density at radius 3 is 1.87 bits per heavy atom. The molecule has 55 heavy (non-hydrogen) atoms. The molecular formula is C46H64N2O5S2. The molecule has 0 fully saturated rings. The Balaban J connectivity index is 0.000000525. The van der Waals surface area contributed by atoms with Crippen LogP contribution in [0.3, 0.4) is 0 Å². The van der Waals surface area contributed by atoms with Crippen LogP contribution in [0, 0.1) is 13.8 Å². The summed E-state index contributed by atoms with van der Waals surface area (Å²) in [5.74, 6) is 0. The number of nitrogens with zero attached hydrogens (tertiary/aromatic N) is 2.